The van der Waals surface area contributed by atoms with Crippen LogP contribution in [0.4, 0.5) is 8.78 Å². The fraction of sp³-hybridized carbons (Fsp3) is 0.333. The Morgan fingerprint density at radius 2 is 1.86 bits per heavy atom. The maximum absolute atomic E-state index is 14.5. The molecule has 9 nitrogen and oxygen atoms in total. The second kappa shape index (κ2) is 13.7. The van der Waals surface area contributed by atoms with Gasteiger partial charge >= 0.3 is 0 Å². The summed E-state index contributed by atoms with van der Waals surface area (Å²) in [6, 6.07) is 14.5. The van der Waals surface area contributed by atoms with Crippen LogP contribution in [0.15, 0.2) is 73.1 Å². The van der Waals surface area contributed by atoms with Gasteiger partial charge in [0.2, 0.25) is 5.91 Å². The van der Waals surface area contributed by atoms with E-state index in [9.17, 15) is 28.3 Å². The van der Waals surface area contributed by atoms with E-state index >= 15 is 0 Å². The first-order valence-corrected chi connectivity index (χ1v) is 13.7. The number of nitrogens with one attached hydrogen (secondary N) is 2. The number of nitrogens with zero attached hydrogens (tertiary/aromatic N) is 2. The van der Waals surface area contributed by atoms with E-state index < -0.39 is 61.4 Å². The number of aromatic nitrogens is 1. The highest BCUT2D eigenvalue weighted by Crippen LogP contribution is 2.33. The molecule has 0 radical (unpaired) electrons. The van der Waals surface area contributed by atoms with Crippen molar-refractivity contribution in [1.29, 1.82) is 0 Å². The van der Waals surface area contributed by atoms with Crippen LogP contribution in [0.3, 0.4) is 0 Å². The molecule has 222 valence electrons. The van der Waals surface area contributed by atoms with Gasteiger partial charge in [-0.25, -0.2) is 8.78 Å². The number of aliphatic hydroxyl groups excluding tert-OH is 1. The molecule has 3 N–H and O–H groups in total. The molecule has 42 heavy (non-hydrogen) atoms. The number of alkyl halides is 2. The second-order valence-corrected chi connectivity index (χ2v) is 10.5. The number of halogens is 3. The van der Waals surface area contributed by atoms with Crippen molar-refractivity contribution >= 4 is 29.3 Å². The summed E-state index contributed by atoms with van der Waals surface area (Å²) in [5, 5.41) is 16.6. The zero-order valence-corrected chi connectivity index (χ0v) is 23.6. The molecule has 0 spiro atoms. The van der Waals surface area contributed by atoms with Gasteiger partial charge in [-0.05, 0) is 42.2 Å². The summed E-state index contributed by atoms with van der Waals surface area (Å²) < 4.78 is 34.6. The van der Waals surface area contributed by atoms with E-state index in [1.54, 1.807) is 73.8 Å². The fourth-order valence-electron chi connectivity index (χ4n) is 4.73. The van der Waals surface area contributed by atoms with E-state index in [-0.39, 0.29) is 13.0 Å². The molecule has 0 unspecified atom stereocenters. The minimum Gasteiger partial charge on any atom is -0.482 e. The van der Waals surface area contributed by atoms with Crippen molar-refractivity contribution in [3.05, 3.63) is 94.8 Å². The number of aryl methyl sites for hydroxylation is 1. The number of carbonyl (C=O) groups excluding carboxylic acids is 3. The number of rotatable bonds is 11. The maximum Gasteiger partial charge on any atom is 0.267 e. The SMILES string of the molecule is Cc1cccc(Cl)c1OCC(=O)N[C@@H](Cc1ccccc1)[C@H](O)C(=O)N1CC(F)(F)C[C@H]1C(=O)NCc1cccnc1. The molecule has 1 aliphatic heterocycles. The molecule has 3 aromatic rings. The van der Waals surface area contributed by atoms with Gasteiger partial charge in [0.05, 0.1) is 17.6 Å². The lowest BCUT2D eigenvalue weighted by molar-refractivity contribution is -0.147. The van der Waals surface area contributed by atoms with Crippen LogP contribution in [0.2, 0.25) is 5.02 Å². The van der Waals surface area contributed by atoms with Crippen LogP contribution in [-0.2, 0) is 27.3 Å². The van der Waals surface area contributed by atoms with Gasteiger partial charge in [-0.2, -0.15) is 0 Å². The molecule has 4 rings (SSSR count). The van der Waals surface area contributed by atoms with Crippen molar-refractivity contribution in [3.8, 4) is 5.75 Å². The molecular weight excluding hydrogens is 570 g/mol. The molecule has 1 aliphatic rings. The Morgan fingerprint density at radius 1 is 1.12 bits per heavy atom. The van der Waals surface area contributed by atoms with Crippen LogP contribution in [0.25, 0.3) is 0 Å². The number of ether oxygens (including phenoxy) is 1. The highest BCUT2D eigenvalue weighted by molar-refractivity contribution is 6.32. The zero-order chi connectivity index (χ0) is 30.3. The van der Waals surface area contributed by atoms with Crippen LogP contribution < -0.4 is 15.4 Å². The van der Waals surface area contributed by atoms with Gasteiger partial charge in [-0.15, -0.1) is 0 Å². The monoisotopic (exact) mass is 600 g/mol. The van der Waals surface area contributed by atoms with Crippen LogP contribution in [0.5, 0.6) is 5.75 Å². The smallest absolute Gasteiger partial charge is 0.267 e. The van der Waals surface area contributed by atoms with Gasteiger partial charge in [0.25, 0.3) is 17.7 Å². The summed E-state index contributed by atoms with van der Waals surface area (Å²) in [6.07, 6.45) is 0.250. The summed E-state index contributed by atoms with van der Waals surface area (Å²) in [7, 11) is 0. The van der Waals surface area contributed by atoms with Crippen molar-refractivity contribution in [2.24, 2.45) is 0 Å². The number of hydrogen-bond donors (Lipinski definition) is 3. The lowest BCUT2D eigenvalue weighted by atomic mass is 9.99. The summed E-state index contributed by atoms with van der Waals surface area (Å²) >= 11 is 6.17. The topological polar surface area (TPSA) is 121 Å². The number of hydrogen-bond acceptors (Lipinski definition) is 6. The molecule has 3 atom stereocenters. The van der Waals surface area contributed by atoms with E-state index in [0.717, 1.165) is 0 Å². The van der Waals surface area contributed by atoms with Gasteiger partial charge < -0.3 is 25.4 Å². The van der Waals surface area contributed by atoms with Gasteiger partial charge in [-0.3, -0.25) is 19.4 Å². The number of amides is 3. The maximum atomic E-state index is 14.5. The largest absolute Gasteiger partial charge is 0.482 e. The highest BCUT2D eigenvalue weighted by Gasteiger charge is 2.51. The Bertz CT molecular complexity index is 1380. The lowest BCUT2D eigenvalue weighted by Gasteiger charge is -2.30. The van der Waals surface area contributed by atoms with Gasteiger partial charge in [0.15, 0.2) is 12.7 Å². The van der Waals surface area contributed by atoms with Crippen molar-refractivity contribution in [2.45, 2.75) is 50.4 Å². The summed E-state index contributed by atoms with van der Waals surface area (Å²) in [6.45, 7) is 0.262. The molecule has 12 heteroatoms. The minimum atomic E-state index is -3.34. The third-order valence-corrected chi connectivity index (χ3v) is 7.13. The van der Waals surface area contributed by atoms with Crippen LogP contribution in [-0.4, -0.2) is 70.0 Å². The third-order valence-electron chi connectivity index (χ3n) is 6.84. The van der Waals surface area contributed by atoms with Gasteiger partial charge in [0.1, 0.15) is 11.8 Å². The first kappa shape index (κ1) is 30.9. The molecule has 1 aromatic heterocycles. The Labute approximate surface area is 246 Å². The number of benzene rings is 2. The van der Waals surface area contributed by atoms with E-state index in [0.29, 0.717) is 32.4 Å². The Hall–Kier alpha value is -4.09. The molecular formula is C30H31ClF2N4O5. The average molecular weight is 601 g/mol. The van der Waals surface area contributed by atoms with Crippen molar-refractivity contribution in [1.82, 2.24) is 20.5 Å². The molecule has 0 saturated carbocycles. The predicted octanol–water partition coefficient (Wildman–Crippen LogP) is 3.06. The zero-order valence-electron chi connectivity index (χ0n) is 22.8. The molecule has 2 aromatic carbocycles. The molecule has 1 fully saturated rings. The Balaban J connectivity index is 1.48. The lowest BCUT2D eigenvalue weighted by Crippen LogP contribution is -2.56. The Kier molecular flexibility index (Phi) is 10.1. The second-order valence-electron chi connectivity index (χ2n) is 10.1. The number of para-hydroxylation sites is 1. The molecule has 0 bridgehead atoms. The summed E-state index contributed by atoms with van der Waals surface area (Å²) in [5.41, 5.74) is 2.03. The predicted molar refractivity (Wildman–Crippen MR) is 151 cm³/mol. The van der Waals surface area contributed by atoms with E-state index in [1.165, 1.54) is 6.20 Å². The molecule has 1 saturated heterocycles. The van der Waals surface area contributed by atoms with E-state index in [2.05, 4.69) is 15.6 Å². The third kappa shape index (κ3) is 8.01. The standard InChI is InChI=1S/C30H31ClF2N4O5/c1-19-7-5-11-22(31)27(19)42-17-25(38)36-23(13-20-8-3-2-4-9-20)26(39)29(41)37-18-30(32,33)14-24(37)28(40)35-16-21-10-6-12-34-15-21/h2-12,15,23-24,26,39H,13-14,16-18H2,1H3,(H,35,40)(H,36,38)/t23-,24-,26-/m0/s1. The van der Waals surface area contributed by atoms with Crippen LogP contribution >= 0.6 is 11.6 Å². The number of likely N-dealkylation sites (tertiary alicyclic amines) is 1. The summed E-state index contributed by atoms with van der Waals surface area (Å²) in [5.74, 6) is -5.59. The first-order chi connectivity index (χ1) is 20.0. The van der Waals surface area contributed by atoms with Crippen LogP contribution in [0, 0.1) is 6.92 Å². The van der Waals surface area contributed by atoms with Crippen LogP contribution in [0.1, 0.15) is 23.1 Å². The summed E-state index contributed by atoms with van der Waals surface area (Å²) in [4.78, 5) is 43.9. The quantitative estimate of drug-likeness (QED) is 0.311. The molecule has 0 aliphatic carbocycles. The van der Waals surface area contributed by atoms with Crippen molar-refractivity contribution < 1.29 is 33.0 Å². The molecule has 2 heterocycles. The van der Waals surface area contributed by atoms with Crippen molar-refractivity contribution in [2.75, 3.05) is 13.2 Å². The fourth-order valence-corrected chi connectivity index (χ4v) is 5.01. The number of aliphatic hydroxyl groups is 1. The number of pyridine rings is 1. The van der Waals surface area contributed by atoms with E-state index in [4.69, 9.17) is 16.3 Å². The number of carbonyl (C=O) groups is 3. The first-order valence-electron chi connectivity index (χ1n) is 13.3. The van der Waals surface area contributed by atoms with E-state index in [1.807, 2.05) is 0 Å². The normalized spacial score (nSPS) is 17.3. The van der Waals surface area contributed by atoms with Crippen molar-refractivity contribution in [3.63, 3.8) is 0 Å². The minimum absolute atomic E-state index is 0.00666. The Morgan fingerprint density at radius 3 is 2.55 bits per heavy atom. The molecule has 3 amide bonds. The highest BCUT2D eigenvalue weighted by atomic mass is 35.5. The van der Waals surface area contributed by atoms with Gasteiger partial charge in [0, 0.05) is 25.4 Å². The van der Waals surface area contributed by atoms with Gasteiger partial charge in [-0.1, -0.05) is 60.1 Å². The average Bonchev–Trinajstić information content (AvgIpc) is 3.31.